The number of amides is 1. The predicted octanol–water partition coefficient (Wildman–Crippen LogP) is 3.85. The van der Waals surface area contributed by atoms with E-state index in [9.17, 15) is 9.18 Å². The molecule has 1 saturated carbocycles. The second kappa shape index (κ2) is 6.91. The third-order valence-electron chi connectivity index (χ3n) is 5.67. The van der Waals surface area contributed by atoms with Gasteiger partial charge in [0.1, 0.15) is 11.3 Å². The Kier molecular flexibility index (Phi) is 4.90. The van der Waals surface area contributed by atoms with Gasteiger partial charge in [-0.3, -0.25) is 9.69 Å². The van der Waals surface area contributed by atoms with Crippen molar-refractivity contribution >= 4 is 52.0 Å². The molecule has 4 fully saturated rings. The van der Waals surface area contributed by atoms with Crippen LogP contribution < -0.4 is 5.32 Å². The molecule has 1 N–H and O–H groups in total. The number of fused-ring (bicyclic) bond motifs is 4. The standard InChI is InChI=1S/C18H19FIN3O2.ClH/c19-11-7-12(15-13(8-11)25-18(22-15)10-1-2-10)17(24)21-14-9-3-5-23(6-4-9)16(14)20;/h7-10,14,16H,1-6H2,(H,21,24);1H. The molecular weight excluding hydrogens is 472 g/mol. The number of aromatic nitrogens is 1. The Bertz CT molecular complexity index is 846. The summed E-state index contributed by atoms with van der Waals surface area (Å²) in [6.07, 6.45) is 4.32. The molecule has 2 unspecified atom stereocenters. The molecule has 1 aromatic heterocycles. The van der Waals surface area contributed by atoms with E-state index in [1.54, 1.807) is 0 Å². The van der Waals surface area contributed by atoms with Crippen molar-refractivity contribution in [3.8, 4) is 0 Å². The van der Waals surface area contributed by atoms with E-state index in [2.05, 4.69) is 37.8 Å². The highest BCUT2D eigenvalue weighted by molar-refractivity contribution is 14.1. The van der Waals surface area contributed by atoms with Crippen molar-refractivity contribution in [2.45, 2.75) is 41.7 Å². The van der Waals surface area contributed by atoms with Crippen LogP contribution in [0.5, 0.6) is 0 Å². The summed E-state index contributed by atoms with van der Waals surface area (Å²) in [5.41, 5.74) is 1.13. The summed E-state index contributed by atoms with van der Waals surface area (Å²) in [5, 5.41) is 3.15. The van der Waals surface area contributed by atoms with Crippen LogP contribution in [0.25, 0.3) is 11.1 Å². The Balaban J connectivity index is 0.00000168. The minimum Gasteiger partial charge on any atom is -0.440 e. The van der Waals surface area contributed by atoms with Crippen molar-refractivity contribution in [3.63, 3.8) is 0 Å². The molecule has 8 heteroatoms. The van der Waals surface area contributed by atoms with Crippen LogP contribution in [0.15, 0.2) is 16.5 Å². The third-order valence-corrected chi connectivity index (χ3v) is 7.24. The van der Waals surface area contributed by atoms with Gasteiger partial charge in [0.15, 0.2) is 11.5 Å². The highest BCUT2D eigenvalue weighted by atomic mass is 127. The van der Waals surface area contributed by atoms with E-state index < -0.39 is 5.82 Å². The van der Waals surface area contributed by atoms with Gasteiger partial charge in [0.05, 0.1) is 15.7 Å². The molecule has 1 aliphatic carbocycles. The molecular formula is C18H20ClFIN3O2. The van der Waals surface area contributed by atoms with Crippen LogP contribution >= 0.6 is 35.0 Å². The lowest BCUT2D eigenvalue weighted by Crippen LogP contribution is -2.61. The van der Waals surface area contributed by atoms with E-state index in [1.165, 1.54) is 12.1 Å². The second-order valence-electron chi connectivity index (χ2n) is 7.37. The lowest BCUT2D eigenvalue weighted by molar-refractivity contribution is 0.0554. The van der Waals surface area contributed by atoms with Gasteiger partial charge in [-0.15, -0.1) is 12.4 Å². The quantitative estimate of drug-likeness (QED) is 0.403. The number of hydrogen-bond acceptors (Lipinski definition) is 4. The van der Waals surface area contributed by atoms with Crippen LogP contribution in [0.1, 0.15) is 47.8 Å². The van der Waals surface area contributed by atoms with Gasteiger partial charge < -0.3 is 9.73 Å². The molecule has 3 aliphatic heterocycles. The molecule has 4 aliphatic rings. The molecule has 6 rings (SSSR count). The molecule has 2 atom stereocenters. The number of benzene rings is 1. The lowest BCUT2D eigenvalue weighted by Gasteiger charge is -2.48. The first-order chi connectivity index (χ1) is 12.1. The van der Waals surface area contributed by atoms with Crippen LogP contribution in [0.2, 0.25) is 0 Å². The summed E-state index contributed by atoms with van der Waals surface area (Å²) in [5.74, 6) is 0.743. The number of halogens is 3. The SMILES string of the molecule is Cl.O=C(NC1C2CCN(CC2)C1I)c1cc(F)cc2oc(C3CC3)nc12. The van der Waals surface area contributed by atoms with Gasteiger partial charge in [-0.05, 0) is 50.8 Å². The third kappa shape index (κ3) is 3.11. The van der Waals surface area contributed by atoms with Crippen LogP contribution in [0, 0.1) is 11.7 Å². The van der Waals surface area contributed by atoms with Crippen LogP contribution in [-0.4, -0.2) is 39.0 Å². The topological polar surface area (TPSA) is 58.4 Å². The molecule has 1 aromatic carbocycles. The Labute approximate surface area is 170 Å². The number of alkyl halides is 1. The van der Waals surface area contributed by atoms with E-state index >= 15 is 0 Å². The van der Waals surface area contributed by atoms with Gasteiger partial charge in [-0.2, -0.15) is 0 Å². The fraction of sp³-hybridized carbons (Fsp3) is 0.556. The number of oxazole rings is 1. The maximum atomic E-state index is 14.0. The van der Waals surface area contributed by atoms with Crippen LogP contribution in [-0.2, 0) is 0 Å². The monoisotopic (exact) mass is 491 g/mol. The van der Waals surface area contributed by atoms with Gasteiger partial charge in [0.25, 0.3) is 5.91 Å². The molecule has 2 bridgehead atoms. The molecule has 140 valence electrons. The molecule has 1 amide bonds. The average molecular weight is 492 g/mol. The summed E-state index contributed by atoms with van der Waals surface area (Å²) >= 11 is 2.41. The van der Waals surface area contributed by atoms with Crippen molar-refractivity contribution in [1.82, 2.24) is 15.2 Å². The Hall–Kier alpha value is -0.930. The fourth-order valence-corrected chi connectivity index (χ4v) is 5.41. The summed E-state index contributed by atoms with van der Waals surface area (Å²) in [4.78, 5) is 19.8. The second-order valence-corrected chi connectivity index (χ2v) is 8.65. The van der Waals surface area contributed by atoms with Gasteiger partial charge in [0, 0.05) is 12.0 Å². The van der Waals surface area contributed by atoms with E-state index in [1.807, 2.05) is 0 Å². The molecule has 5 nitrogen and oxygen atoms in total. The minimum absolute atomic E-state index is 0. The van der Waals surface area contributed by atoms with Crippen molar-refractivity contribution < 1.29 is 13.6 Å². The molecule has 3 saturated heterocycles. The smallest absolute Gasteiger partial charge is 0.254 e. The first kappa shape index (κ1) is 18.4. The van der Waals surface area contributed by atoms with E-state index in [4.69, 9.17) is 4.42 Å². The van der Waals surface area contributed by atoms with Gasteiger partial charge >= 0.3 is 0 Å². The molecule has 0 spiro atoms. The average Bonchev–Trinajstić information content (AvgIpc) is 3.37. The van der Waals surface area contributed by atoms with Gasteiger partial charge in [0.2, 0.25) is 0 Å². The van der Waals surface area contributed by atoms with Crippen molar-refractivity contribution in [1.29, 1.82) is 0 Å². The summed E-state index contributed by atoms with van der Waals surface area (Å²) in [6, 6.07) is 2.70. The molecule has 0 radical (unpaired) electrons. The maximum Gasteiger partial charge on any atom is 0.254 e. The normalized spacial score (nSPS) is 30.2. The van der Waals surface area contributed by atoms with Crippen LogP contribution in [0.3, 0.4) is 0 Å². The summed E-state index contributed by atoms with van der Waals surface area (Å²) in [7, 11) is 0. The first-order valence-electron chi connectivity index (χ1n) is 8.89. The Morgan fingerprint density at radius 2 is 2.00 bits per heavy atom. The number of nitrogens with one attached hydrogen (secondary N) is 1. The van der Waals surface area contributed by atoms with Gasteiger partial charge in [-0.1, -0.05) is 22.6 Å². The zero-order valence-corrected chi connectivity index (χ0v) is 17.1. The van der Waals surface area contributed by atoms with Crippen molar-refractivity contribution in [3.05, 3.63) is 29.4 Å². The van der Waals surface area contributed by atoms with Crippen LogP contribution in [0.4, 0.5) is 4.39 Å². The zero-order chi connectivity index (χ0) is 17.1. The number of carbonyl (C=O) groups excluding carboxylic acids is 1. The number of hydrogen-bond donors (Lipinski definition) is 1. The van der Waals surface area contributed by atoms with E-state index in [0.29, 0.717) is 28.8 Å². The van der Waals surface area contributed by atoms with Crippen molar-refractivity contribution in [2.75, 3.05) is 13.1 Å². The largest absolute Gasteiger partial charge is 0.440 e. The predicted molar refractivity (Wildman–Crippen MR) is 107 cm³/mol. The van der Waals surface area contributed by atoms with Crippen molar-refractivity contribution in [2.24, 2.45) is 5.92 Å². The lowest BCUT2D eigenvalue weighted by atomic mass is 9.84. The first-order valence-corrected chi connectivity index (χ1v) is 10.1. The number of rotatable bonds is 3. The van der Waals surface area contributed by atoms with E-state index in [-0.39, 0.29) is 34.0 Å². The van der Waals surface area contributed by atoms with Gasteiger partial charge in [-0.25, -0.2) is 9.37 Å². The Morgan fingerprint density at radius 1 is 1.27 bits per heavy atom. The maximum absolute atomic E-state index is 14.0. The molecule has 4 heterocycles. The van der Waals surface area contributed by atoms with E-state index in [0.717, 1.165) is 38.8 Å². The Morgan fingerprint density at radius 3 is 2.65 bits per heavy atom. The summed E-state index contributed by atoms with van der Waals surface area (Å²) in [6.45, 7) is 2.20. The number of piperidine rings is 3. The fourth-order valence-electron chi connectivity index (χ4n) is 4.08. The number of nitrogens with zero attached hydrogens (tertiary/aromatic N) is 2. The molecule has 2 aromatic rings. The highest BCUT2D eigenvalue weighted by Gasteiger charge is 2.42. The molecule has 26 heavy (non-hydrogen) atoms. The summed E-state index contributed by atoms with van der Waals surface area (Å²) < 4.78 is 20.0. The zero-order valence-electron chi connectivity index (χ0n) is 14.1. The number of carbonyl (C=O) groups is 1. The highest BCUT2D eigenvalue weighted by Crippen LogP contribution is 2.41. The minimum atomic E-state index is -0.462.